The number of carbonyl (C=O) groups is 2. The normalized spacial score (nSPS) is 11.4. The van der Waals surface area contributed by atoms with Gasteiger partial charge in [-0.15, -0.1) is 0 Å². The zero-order valence-electron chi connectivity index (χ0n) is 18.5. The van der Waals surface area contributed by atoms with Crippen molar-refractivity contribution in [2.45, 2.75) is 26.4 Å². The maximum Gasteiger partial charge on any atom is 0.375 e. The minimum atomic E-state index is -1.41. The molecule has 172 valence electrons. The SMILES string of the molecule is CO/C=C(/Oc1cccc(Oc2nc(OC)cc(OC)n2)c1C(=O)OC(C)(C)C)C(=O)O. The lowest BCUT2D eigenvalue weighted by atomic mass is 10.1. The predicted octanol–water partition coefficient (Wildman–Crippen LogP) is 3.19. The average Bonchev–Trinajstić information content (AvgIpc) is 2.71. The number of benzene rings is 1. The lowest BCUT2D eigenvalue weighted by Gasteiger charge is -2.21. The minimum Gasteiger partial charge on any atom is -0.500 e. The highest BCUT2D eigenvalue weighted by Crippen LogP contribution is 2.34. The van der Waals surface area contributed by atoms with Gasteiger partial charge in [0.25, 0.3) is 0 Å². The Morgan fingerprint density at radius 2 is 1.59 bits per heavy atom. The second-order valence-electron chi connectivity index (χ2n) is 7.09. The summed E-state index contributed by atoms with van der Waals surface area (Å²) in [5, 5.41) is 9.33. The van der Waals surface area contributed by atoms with E-state index >= 15 is 0 Å². The second kappa shape index (κ2) is 10.3. The fraction of sp³-hybridized carbons (Fsp3) is 0.333. The highest BCUT2D eigenvalue weighted by atomic mass is 16.6. The molecule has 32 heavy (non-hydrogen) atoms. The average molecular weight is 448 g/mol. The number of aliphatic carboxylic acids is 1. The van der Waals surface area contributed by atoms with E-state index < -0.39 is 23.3 Å². The summed E-state index contributed by atoms with van der Waals surface area (Å²) in [7, 11) is 4.07. The van der Waals surface area contributed by atoms with Crippen LogP contribution >= 0.6 is 0 Å². The maximum atomic E-state index is 13.0. The highest BCUT2D eigenvalue weighted by Gasteiger charge is 2.27. The van der Waals surface area contributed by atoms with Crippen molar-refractivity contribution in [1.82, 2.24) is 9.97 Å². The fourth-order valence-electron chi connectivity index (χ4n) is 2.29. The number of carbonyl (C=O) groups excluding carboxylic acids is 1. The Bertz CT molecular complexity index is 991. The topological polar surface area (TPSA) is 136 Å². The van der Waals surface area contributed by atoms with Gasteiger partial charge >= 0.3 is 17.9 Å². The van der Waals surface area contributed by atoms with Crippen LogP contribution in [0.25, 0.3) is 0 Å². The number of aromatic nitrogens is 2. The molecule has 2 rings (SSSR count). The first kappa shape index (κ1) is 24.3. The first-order valence-electron chi connectivity index (χ1n) is 9.23. The van der Waals surface area contributed by atoms with Crippen LogP contribution in [0.1, 0.15) is 31.1 Å². The largest absolute Gasteiger partial charge is 0.500 e. The van der Waals surface area contributed by atoms with Gasteiger partial charge in [-0.1, -0.05) is 6.07 Å². The van der Waals surface area contributed by atoms with Crippen LogP contribution < -0.4 is 18.9 Å². The number of nitrogens with zero attached hydrogens (tertiary/aromatic N) is 2. The molecule has 0 aliphatic carbocycles. The molecule has 0 unspecified atom stereocenters. The van der Waals surface area contributed by atoms with E-state index in [4.69, 9.17) is 28.4 Å². The van der Waals surface area contributed by atoms with Crippen LogP contribution in [0.4, 0.5) is 0 Å². The van der Waals surface area contributed by atoms with Crippen LogP contribution in [-0.4, -0.2) is 53.9 Å². The minimum absolute atomic E-state index is 0.0470. The van der Waals surface area contributed by atoms with E-state index in [1.54, 1.807) is 20.8 Å². The molecule has 0 saturated heterocycles. The zero-order valence-corrected chi connectivity index (χ0v) is 18.5. The van der Waals surface area contributed by atoms with E-state index in [2.05, 4.69) is 9.97 Å². The summed E-state index contributed by atoms with van der Waals surface area (Å²) < 4.78 is 31.5. The van der Waals surface area contributed by atoms with Crippen molar-refractivity contribution in [3.63, 3.8) is 0 Å². The smallest absolute Gasteiger partial charge is 0.375 e. The molecule has 0 fully saturated rings. The lowest BCUT2D eigenvalue weighted by Crippen LogP contribution is -2.24. The summed E-state index contributed by atoms with van der Waals surface area (Å²) in [6, 6.07) is 5.57. The van der Waals surface area contributed by atoms with Gasteiger partial charge in [0.1, 0.15) is 28.9 Å². The number of carboxylic acids is 1. The summed E-state index contributed by atoms with van der Waals surface area (Å²) >= 11 is 0. The number of ether oxygens (including phenoxy) is 6. The van der Waals surface area contributed by atoms with E-state index in [0.717, 1.165) is 6.26 Å². The summed E-state index contributed by atoms with van der Waals surface area (Å²) in [5.74, 6) is -2.65. The van der Waals surface area contributed by atoms with Crippen molar-refractivity contribution in [2.75, 3.05) is 21.3 Å². The Kier molecular flexibility index (Phi) is 7.83. The van der Waals surface area contributed by atoms with Crippen molar-refractivity contribution >= 4 is 11.9 Å². The molecule has 2 aromatic rings. The van der Waals surface area contributed by atoms with Crippen LogP contribution in [0.5, 0.6) is 29.3 Å². The van der Waals surface area contributed by atoms with Crippen LogP contribution in [0, 0.1) is 0 Å². The fourth-order valence-corrected chi connectivity index (χ4v) is 2.29. The molecule has 0 amide bonds. The first-order chi connectivity index (χ1) is 15.1. The van der Waals surface area contributed by atoms with Crippen molar-refractivity contribution < 1.29 is 43.1 Å². The van der Waals surface area contributed by atoms with Gasteiger partial charge in [-0.3, -0.25) is 0 Å². The molecule has 1 aromatic carbocycles. The number of esters is 1. The highest BCUT2D eigenvalue weighted by molar-refractivity contribution is 5.96. The third kappa shape index (κ3) is 6.49. The number of rotatable bonds is 9. The second-order valence-corrected chi connectivity index (χ2v) is 7.09. The van der Waals surface area contributed by atoms with Crippen LogP contribution in [-0.2, 0) is 14.3 Å². The molecule has 0 spiro atoms. The molecule has 0 saturated carbocycles. The van der Waals surface area contributed by atoms with E-state index in [1.165, 1.54) is 45.6 Å². The van der Waals surface area contributed by atoms with Gasteiger partial charge in [0.15, 0.2) is 0 Å². The van der Waals surface area contributed by atoms with Crippen molar-refractivity contribution in [2.24, 2.45) is 0 Å². The zero-order chi connectivity index (χ0) is 23.9. The first-order valence-corrected chi connectivity index (χ1v) is 9.23. The van der Waals surface area contributed by atoms with Crippen LogP contribution in [0.3, 0.4) is 0 Å². The number of carboxylic acid groups (broad SMARTS) is 1. The molecular weight excluding hydrogens is 424 g/mol. The molecule has 0 bridgehead atoms. The lowest BCUT2D eigenvalue weighted by molar-refractivity contribution is -0.135. The molecule has 1 N–H and O–H groups in total. The Morgan fingerprint density at radius 1 is 1.00 bits per heavy atom. The monoisotopic (exact) mass is 448 g/mol. The molecule has 0 radical (unpaired) electrons. The van der Waals surface area contributed by atoms with Gasteiger partial charge in [0, 0.05) is 0 Å². The van der Waals surface area contributed by atoms with Gasteiger partial charge < -0.3 is 33.5 Å². The summed E-state index contributed by atoms with van der Waals surface area (Å²) in [5.41, 5.74) is -1.04. The molecule has 0 atom stereocenters. The van der Waals surface area contributed by atoms with Crippen molar-refractivity contribution in [1.29, 1.82) is 0 Å². The van der Waals surface area contributed by atoms with Gasteiger partial charge in [-0.05, 0) is 32.9 Å². The Hall–Kier alpha value is -4.02. The standard InChI is InChI=1S/C21H24N2O9/c1-21(2,3)32-19(26)17-12(30-14(11-27-4)18(24)25)8-7-9-13(17)31-20-22-15(28-5)10-16(23-20)29-6/h7-11H,1-6H3,(H,24,25)/b14-11+. The maximum absolute atomic E-state index is 13.0. The number of hydrogen-bond donors (Lipinski definition) is 1. The van der Waals surface area contributed by atoms with Gasteiger partial charge in [0.2, 0.25) is 17.5 Å². The number of methoxy groups -OCH3 is 3. The van der Waals surface area contributed by atoms with Crippen molar-refractivity contribution in [3.8, 4) is 29.3 Å². The van der Waals surface area contributed by atoms with Gasteiger partial charge in [-0.2, -0.15) is 9.97 Å². The summed E-state index contributed by atoms with van der Waals surface area (Å²) in [4.78, 5) is 32.6. The molecule has 1 heterocycles. The molecular formula is C21H24N2O9. The van der Waals surface area contributed by atoms with Gasteiger partial charge in [0.05, 0.1) is 27.4 Å². The molecule has 0 aliphatic rings. The molecule has 11 nitrogen and oxygen atoms in total. The molecule has 0 aliphatic heterocycles. The molecule has 11 heteroatoms. The van der Waals surface area contributed by atoms with E-state index in [9.17, 15) is 14.7 Å². The Balaban J connectivity index is 2.58. The summed E-state index contributed by atoms with van der Waals surface area (Å²) in [6.07, 6.45) is 0.880. The van der Waals surface area contributed by atoms with Crippen LogP contribution in [0.2, 0.25) is 0 Å². The Labute approximate surface area is 184 Å². The summed E-state index contributed by atoms with van der Waals surface area (Å²) in [6.45, 7) is 5.04. The quantitative estimate of drug-likeness (QED) is 0.344. The number of hydrogen-bond acceptors (Lipinski definition) is 10. The molecule has 1 aromatic heterocycles. The third-order valence-corrected chi connectivity index (χ3v) is 3.52. The van der Waals surface area contributed by atoms with E-state index in [0.29, 0.717) is 0 Å². The van der Waals surface area contributed by atoms with Crippen LogP contribution in [0.15, 0.2) is 36.3 Å². The predicted molar refractivity (Wildman–Crippen MR) is 110 cm³/mol. The van der Waals surface area contributed by atoms with E-state index in [-0.39, 0.29) is 34.8 Å². The Morgan fingerprint density at radius 3 is 2.09 bits per heavy atom. The van der Waals surface area contributed by atoms with Crippen molar-refractivity contribution in [3.05, 3.63) is 41.9 Å². The van der Waals surface area contributed by atoms with Gasteiger partial charge in [-0.25, -0.2) is 9.59 Å². The van der Waals surface area contributed by atoms with E-state index in [1.807, 2.05) is 0 Å². The third-order valence-electron chi connectivity index (χ3n) is 3.52.